The van der Waals surface area contributed by atoms with Crippen LogP contribution in [0.2, 0.25) is 0 Å². The van der Waals surface area contributed by atoms with Gasteiger partial charge in [-0.3, -0.25) is 13.9 Å². The third kappa shape index (κ3) is 8.72. The van der Waals surface area contributed by atoms with Crippen LogP contribution in [0.1, 0.15) is 38.3 Å². The van der Waals surface area contributed by atoms with Gasteiger partial charge in [0.2, 0.25) is 11.8 Å². The second kappa shape index (κ2) is 16.0. The van der Waals surface area contributed by atoms with Crippen molar-refractivity contribution in [2.45, 2.75) is 57.1 Å². The molecular weight excluding hydrogens is 605 g/mol. The Balaban J connectivity index is 1.81. The number of carbonyl (C=O) groups excluding carboxylic acids is 2. The van der Waals surface area contributed by atoms with Gasteiger partial charge in [-0.25, -0.2) is 12.8 Å². The molecule has 0 spiro atoms. The zero-order valence-electron chi connectivity index (χ0n) is 26.3. The van der Waals surface area contributed by atoms with Crippen molar-refractivity contribution in [1.29, 1.82) is 0 Å². The molecule has 0 heterocycles. The molecule has 8 nitrogen and oxygen atoms in total. The van der Waals surface area contributed by atoms with E-state index in [4.69, 9.17) is 4.74 Å². The Bertz CT molecular complexity index is 1690. The SMILES string of the molecule is CCOc1ccc(N(CC(=O)N(Cc2ccccc2F)[C@@H](Cc2ccccc2)C(=O)N[C@@H](C)CC)S(=O)(=O)c2ccccc2)cc1. The minimum Gasteiger partial charge on any atom is -0.494 e. The van der Waals surface area contributed by atoms with Gasteiger partial charge in [-0.2, -0.15) is 0 Å². The number of ether oxygens (including phenoxy) is 1. The van der Waals surface area contributed by atoms with Gasteiger partial charge < -0.3 is 15.0 Å². The number of nitrogens with one attached hydrogen (secondary N) is 1. The van der Waals surface area contributed by atoms with Crippen molar-refractivity contribution < 1.29 is 27.1 Å². The summed E-state index contributed by atoms with van der Waals surface area (Å²) >= 11 is 0. The number of hydrogen-bond acceptors (Lipinski definition) is 5. The number of hydrogen-bond donors (Lipinski definition) is 1. The van der Waals surface area contributed by atoms with E-state index in [1.54, 1.807) is 60.7 Å². The van der Waals surface area contributed by atoms with Crippen LogP contribution in [0.4, 0.5) is 10.1 Å². The standard InChI is InChI=1S/C36H40FN3O5S/c1-4-27(3)38-36(42)34(24-28-14-8-6-9-15-28)39(25-29-16-12-13-19-33(29)37)35(41)26-40(30-20-22-31(23-21-30)45-5-2)46(43,44)32-17-10-7-11-18-32/h6-23,27,34H,4-5,24-26H2,1-3H3,(H,38,42)/t27-,34-/m0/s1. The average Bonchev–Trinajstić information content (AvgIpc) is 3.07. The predicted octanol–water partition coefficient (Wildman–Crippen LogP) is 5.97. The van der Waals surface area contributed by atoms with Crippen LogP contribution in [0.5, 0.6) is 5.75 Å². The van der Waals surface area contributed by atoms with E-state index in [0.29, 0.717) is 18.8 Å². The highest BCUT2D eigenvalue weighted by Gasteiger charge is 2.35. The maximum absolute atomic E-state index is 15.1. The molecule has 0 aliphatic carbocycles. The van der Waals surface area contributed by atoms with E-state index >= 15 is 4.39 Å². The molecule has 0 bridgehead atoms. The molecule has 2 atom stereocenters. The summed E-state index contributed by atoms with van der Waals surface area (Å²) in [5.74, 6) is -1.08. The molecule has 0 aliphatic rings. The Labute approximate surface area is 270 Å². The van der Waals surface area contributed by atoms with Gasteiger partial charge in [0.15, 0.2) is 0 Å². The first-order chi connectivity index (χ1) is 22.1. The van der Waals surface area contributed by atoms with Crippen molar-refractivity contribution in [3.8, 4) is 5.75 Å². The van der Waals surface area contributed by atoms with Crippen molar-refractivity contribution in [2.24, 2.45) is 0 Å². The first-order valence-corrected chi connectivity index (χ1v) is 16.8. The molecular formula is C36H40FN3O5S. The van der Waals surface area contributed by atoms with Crippen molar-refractivity contribution in [1.82, 2.24) is 10.2 Å². The van der Waals surface area contributed by atoms with Crippen LogP contribution in [0.3, 0.4) is 0 Å². The summed E-state index contributed by atoms with van der Waals surface area (Å²) in [6, 6.07) is 28.2. The van der Waals surface area contributed by atoms with Crippen LogP contribution in [0.15, 0.2) is 114 Å². The quantitative estimate of drug-likeness (QED) is 0.172. The molecule has 0 saturated carbocycles. The Kier molecular flexibility index (Phi) is 11.9. The molecule has 0 saturated heterocycles. The van der Waals surface area contributed by atoms with E-state index in [1.807, 2.05) is 51.1 Å². The molecule has 0 aromatic heterocycles. The number of anilines is 1. The predicted molar refractivity (Wildman–Crippen MR) is 177 cm³/mol. The van der Waals surface area contributed by atoms with Gasteiger partial charge in [0.25, 0.3) is 10.0 Å². The van der Waals surface area contributed by atoms with Gasteiger partial charge in [0.1, 0.15) is 24.2 Å². The number of rotatable bonds is 15. The van der Waals surface area contributed by atoms with Gasteiger partial charge in [-0.05, 0) is 68.3 Å². The van der Waals surface area contributed by atoms with Crippen LogP contribution in [-0.4, -0.2) is 50.4 Å². The third-order valence-electron chi connectivity index (χ3n) is 7.62. The maximum Gasteiger partial charge on any atom is 0.264 e. The summed E-state index contributed by atoms with van der Waals surface area (Å²) in [4.78, 5) is 29.6. The molecule has 0 unspecified atom stereocenters. The smallest absolute Gasteiger partial charge is 0.264 e. The van der Waals surface area contributed by atoms with E-state index < -0.39 is 40.2 Å². The maximum atomic E-state index is 15.1. The van der Waals surface area contributed by atoms with Gasteiger partial charge >= 0.3 is 0 Å². The number of benzene rings is 4. The normalized spacial score (nSPS) is 12.5. The molecule has 46 heavy (non-hydrogen) atoms. The Morgan fingerprint density at radius 3 is 2.07 bits per heavy atom. The van der Waals surface area contributed by atoms with E-state index in [1.165, 1.54) is 23.1 Å². The highest BCUT2D eigenvalue weighted by molar-refractivity contribution is 7.92. The van der Waals surface area contributed by atoms with Crippen molar-refractivity contribution in [2.75, 3.05) is 17.5 Å². The fourth-order valence-corrected chi connectivity index (χ4v) is 6.36. The number of nitrogens with zero attached hydrogens (tertiary/aromatic N) is 2. The molecule has 0 fully saturated rings. The monoisotopic (exact) mass is 645 g/mol. The Morgan fingerprint density at radius 1 is 0.848 bits per heavy atom. The summed E-state index contributed by atoms with van der Waals surface area (Å²) in [6.45, 7) is 5.17. The third-order valence-corrected chi connectivity index (χ3v) is 9.40. The van der Waals surface area contributed by atoms with Crippen LogP contribution in [-0.2, 0) is 32.6 Å². The minimum atomic E-state index is -4.25. The molecule has 4 aromatic carbocycles. The lowest BCUT2D eigenvalue weighted by Crippen LogP contribution is -2.54. The summed E-state index contributed by atoms with van der Waals surface area (Å²) in [5, 5.41) is 2.97. The molecule has 4 rings (SSSR count). The van der Waals surface area contributed by atoms with Crippen LogP contribution >= 0.6 is 0 Å². The fourth-order valence-electron chi connectivity index (χ4n) is 4.93. The van der Waals surface area contributed by atoms with Gasteiger partial charge in [-0.15, -0.1) is 0 Å². The summed E-state index contributed by atoms with van der Waals surface area (Å²) in [5.41, 5.74) is 1.22. The lowest BCUT2D eigenvalue weighted by atomic mass is 10.0. The summed E-state index contributed by atoms with van der Waals surface area (Å²) < 4.78 is 49.8. The molecule has 1 N–H and O–H groups in total. The molecule has 0 aliphatic heterocycles. The van der Waals surface area contributed by atoms with E-state index in [-0.39, 0.29) is 35.2 Å². The van der Waals surface area contributed by atoms with Crippen molar-refractivity contribution in [3.05, 3.63) is 126 Å². The number of halogens is 1. The minimum absolute atomic E-state index is 0.00677. The number of amides is 2. The van der Waals surface area contributed by atoms with Crippen molar-refractivity contribution >= 4 is 27.5 Å². The number of sulfonamides is 1. The zero-order chi connectivity index (χ0) is 33.1. The largest absolute Gasteiger partial charge is 0.494 e. The van der Waals surface area contributed by atoms with E-state index in [9.17, 15) is 18.0 Å². The second-order valence-electron chi connectivity index (χ2n) is 10.9. The molecule has 2 amide bonds. The zero-order valence-corrected chi connectivity index (χ0v) is 27.1. The first-order valence-electron chi connectivity index (χ1n) is 15.3. The average molecular weight is 646 g/mol. The fraction of sp³-hybridized carbons (Fsp3) is 0.278. The molecule has 0 radical (unpaired) electrons. The van der Waals surface area contributed by atoms with E-state index in [0.717, 1.165) is 9.87 Å². The molecule has 10 heteroatoms. The topological polar surface area (TPSA) is 96.0 Å². The summed E-state index contributed by atoms with van der Waals surface area (Å²) in [6.07, 6.45) is 0.795. The summed E-state index contributed by atoms with van der Waals surface area (Å²) in [7, 11) is -4.25. The van der Waals surface area contributed by atoms with Crippen molar-refractivity contribution in [3.63, 3.8) is 0 Å². The molecule has 242 valence electrons. The lowest BCUT2D eigenvalue weighted by molar-refractivity contribution is -0.140. The van der Waals surface area contributed by atoms with Gasteiger partial charge in [0.05, 0.1) is 17.2 Å². The van der Waals surface area contributed by atoms with Gasteiger partial charge in [-0.1, -0.05) is 73.7 Å². The molecule has 4 aromatic rings. The highest BCUT2D eigenvalue weighted by Crippen LogP contribution is 2.27. The first kappa shape index (κ1) is 34.2. The van der Waals surface area contributed by atoms with Crippen LogP contribution < -0.4 is 14.4 Å². The van der Waals surface area contributed by atoms with Crippen LogP contribution in [0.25, 0.3) is 0 Å². The number of carbonyl (C=O) groups is 2. The lowest BCUT2D eigenvalue weighted by Gasteiger charge is -2.34. The highest BCUT2D eigenvalue weighted by atomic mass is 32.2. The Morgan fingerprint density at radius 2 is 1.46 bits per heavy atom. The van der Waals surface area contributed by atoms with Gasteiger partial charge in [0, 0.05) is 24.6 Å². The van der Waals surface area contributed by atoms with E-state index in [2.05, 4.69) is 5.32 Å². The van der Waals surface area contributed by atoms with Crippen LogP contribution in [0, 0.1) is 5.82 Å². The Hall–Kier alpha value is -4.70. The second-order valence-corrected chi connectivity index (χ2v) is 12.8.